The maximum Gasteiger partial charge on any atom is 0.408 e. The Bertz CT molecular complexity index is 1050. The molecule has 178 valence electrons. The second-order valence-corrected chi connectivity index (χ2v) is 9.12. The molecule has 0 aliphatic carbocycles. The minimum absolute atomic E-state index is 0.0325. The molecule has 3 amide bonds. The molecule has 33 heavy (non-hydrogen) atoms. The van der Waals surface area contributed by atoms with Crippen LogP contribution in [0.2, 0.25) is 0 Å². The maximum absolute atomic E-state index is 13.0. The summed E-state index contributed by atoms with van der Waals surface area (Å²) in [5.41, 5.74) is 0.285. The monoisotopic (exact) mass is 458 g/mol. The second kappa shape index (κ2) is 9.93. The zero-order chi connectivity index (χ0) is 24.2. The predicted molar refractivity (Wildman–Crippen MR) is 122 cm³/mol. The fourth-order valence-electron chi connectivity index (χ4n) is 3.66. The Morgan fingerprint density at radius 2 is 1.82 bits per heavy atom. The molecule has 1 fully saturated rings. The summed E-state index contributed by atoms with van der Waals surface area (Å²) in [6.45, 7) is 6.39. The number of rotatable bonds is 6. The summed E-state index contributed by atoms with van der Waals surface area (Å²) in [6.07, 6.45) is 1.91. The van der Waals surface area contributed by atoms with Crippen molar-refractivity contribution in [2.75, 3.05) is 18.4 Å². The molecular weight excluding hydrogens is 428 g/mol. The molecule has 10 nitrogen and oxygen atoms in total. The average Bonchev–Trinajstić information content (AvgIpc) is 3.16. The highest BCUT2D eigenvalue weighted by atomic mass is 16.6. The van der Waals surface area contributed by atoms with Crippen LogP contribution in [0.5, 0.6) is 0 Å². The first-order valence-corrected chi connectivity index (χ1v) is 11.0. The van der Waals surface area contributed by atoms with Crippen LogP contribution >= 0.6 is 0 Å². The summed E-state index contributed by atoms with van der Waals surface area (Å²) in [6, 6.07) is 5.20. The van der Waals surface area contributed by atoms with E-state index in [1.54, 1.807) is 43.9 Å². The number of piperidine rings is 1. The van der Waals surface area contributed by atoms with Gasteiger partial charge in [-0.2, -0.15) is 0 Å². The summed E-state index contributed by atoms with van der Waals surface area (Å²) in [5.74, 6) is -1.87. The van der Waals surface area contributed by atoms with Crippen LogP contribution in [0.1, 0.15) is 56.9 Å². The van der Waals surface area contributed by atoms with Crippen molar-refractivity contribution >= 4 is 40.5 Å². The van der Waals surface area contributed by atoms with E-state index in [1.165, 1.54) is 6.07 Å². The summed E-state index contributed by atoms with van der Waals surface area (Å²) in [7, 11) is 0. The van der Waals surface area contributed by atoms with E-state index in [2.05, 4.69) is 15.6 Å². The lowest BCUT2D eigenvalue weighted by Gasteiger charge is -2.29. The molecule has 2 heterocycles. The first-order valence-electron chi connectivity index (χ1n) is 11.0. The molecule has 0 spiro atoms. The molecule has 2 aromatic rings. The number of benzene rings is 1. The summed E-state index contributed by atoms with van der Waals surface area (Å²) < 4.78 is 5.26. The van der Waals surface area contributed by atoms with Gasteiger partial charge in [-0.25, -0.2) is 9.59 Å². The number of fused-ring (bicyclic) bond motifs is 1. The van der Waals surface area contributed by atoms with Crippen LogP contribution in [0.4, 0.5) is 10.5 Å². The number of alkyl carbamates (subject to hydrolysis) is 1. The summed E-state index contributed by atoms with van der Waals surface area (Å²) in [4.78, 5) is 53.8. The zero-order valence-corrected chi connectivity index (χ0v) is 19.1. The van der Waals surface area contributed by atoms with Gasteiger partial charge in [-0.15, -0.1) is 0 Å². The maximum atomic E-state index is 13.0. The van der Waals surface area contributed by atoms with Crippen LogP contribution in [0.15, 0.2) is 24.3 Å². The molecule has 0 unspecified atom stereocenters. The number of aromatic nitrogens is 1. The number of anilines is 1. The first-order chi connectivity index (χ1) is 15.5. The van der Waals surface area contributed by atoms with Gasteiger partial charge in [0.05, 0.1) is 6.42 Å². The van der Waals surface area contributed by atoms with Crippen molar-refractivity contribution in [2.24, 2.45) is 0 Å². The Balaban J connectivity index is 1.75. The van der Waals surface area contributed by atoms with Crippen LogP contribution in [0, 0.1) is 0 Å². The second-order valence-electron chi connectivity index (χ2n) is 9.12. The number of carboxylic acids is 1. The predicted octanol–water partition coefficient (Wildman–Crippen LogP) is 3.10. The van der Waals surface area contributed by atoms with E-state index in [0.29, 0.717) is 29.7 Å². The van der Waals surface area contributed by atoms with Gasteiger partial charge in [0.25, 0.3) is 0 Å². The van der Waals surface area contributed by atoms with Crippen LogP contribution in [0.25, 0.3) is 10.9 Å². The third-order valence-corrected chi connectivity index (χ3v) is 5.21. The van der Waals surface area contributed by atoms with Gasteiger partial charge in [0.2, 0.25) is 11.8 Å². The molecule has 4 N–H and O–H groups in total. The third kappa shape index (κ3) is 6.71. The van der Waals surface area contributed by atoms with Gasteiger partial charge in [0.15, 0.2) is 0 Å². The number of carbonyl (C=O) groups excluding carboxylic acids is 3. The Hall–Kier alpha value is -3.56. The van der Waals surface area contributed by atoms with Gasteiger partial charge in [-0.3, -0.25) is 9.59 Å². The molecule has 1 aliphatic heterocycles. The van der Waals surface area contributed by atoms with Gasteiger partial charge in [0.1, 0.15) is 17.3 Å². The lowest BCUT2D eigenvalue weighted by atomic mass is 10.1. The number of carbonyl (C=O) groups is 4. The number of ether oxygens (including phenoxy) is 1. The van der Waals surface area contributed by atoms with Crippen molar-refractivity contribution in [3.63, 3.8) is 0 Å². The van der Waals surface area contributed by atoms with Crippen LogP contribution in [-0.4, -0.2) is 63.6 Å². The van der Waals surface area contributed by atoms with Gasteiger partial charge in [0, 0.05) is 29.7 Å². The number of carboxylic acid groups (broad SMARTS) is 1. The van der Waals surface area contributed by atoms with Crippen molar-refractivity contribution < 1.29 is 29.0 Å². The fourth-order valence-corrected chi connectivity index (χ4v) is 3.66. The Morgan fingerprint density at radius 1 is 1.12 bits per heavy atom. The topological polar surface area (TPSA) is 141 Å². The van der Waals surface area contributed by atoms with Crippen LogP contribution in [0.3, 0.4) is 0 Å². The molecule has 1 saturated heterocycles. The Morgan fingerprint density at radius 3 is 2.45 bits per heavy atom. The lowest BCUT2D eigenvalue weighted by molar-refractivity contribution is -0.134. The Labute approximate surface area is 191 Å². The lowest BCUT2D eigenvalue weighted by Crippen LogP contribution is -2.49. The van der Waals surface area contributed by atoms with E-state index in [1.807, 2.05) is 0 Å². The number of hydrogen-bond donors (Lipinski definition) is 4. The van der Waals surface area contributed by atoms with E-state index in [4.69, 9.17) is 9.84 Å². The quantitative estimate of drug-likeness (QED) is 0.524. The molecule has 0 radical (unpaired) electrons. The number of amides is 3. The van der Waals surface area contributed by atoms with Crippen molar-refractivity contribution in [3.8, 4) is 0 Å². The highest BCUT2D eigenvalue weighted by Gasteiger charge is 2.29. The molecule has 10 heteroatoms. The fraction of sp³-hybridized carbons (Fsp3) is 0.478. The molecule has 0 saturated carbocycles. The number of aromatic carboxylic acids is 1. The minimum atomic E-state index is -1.13. The van der Waals surface area contributed by atoms with Gasteiger partial charge in [-0.1, -0.05) is 0 Å². The van der Waals surface area contributed by atoms with Crippen LogP contribution < -0.4 is 10.6 Å². The highest BCUT2D eigenvalue weighted by Crippen LogP contribution is 2.21. The minimum Gasteiger partial charge on any atom is -0.477 e. The summed E-state index contributed by atoms with van der Waals surface area (Å²) >= 11 is 0. The highest BCUT2D eigenvalue weighted by molar-refractivity contribution is 6.01. The van der Waals surface area contributed by atoms with E-state index >= 15 is 0 Å². The normalized spacial score (nSPS) is 15.1. The smallest absolute Gasteiger partial charge is 0.408 e. The number of H-pyrrole nitrogens is 1. The Kier molecular flexibility index (Phi) is 7.25. The van der Waals surface area contributed by atoms with E-state index in [-0.39, 0.29) is 18.0 Å². The standard InChI is InChI=1S/C23H30N4O6/c1-23(2,3)33-22(32)26-17(13-19(28)27-9-5-4-6-10-27)20(29)24-15-7-8-16-14(11-15)12-18(25-16)21(30)31/h7-8,11-12,17,25H,4-6,9-10,13H2,1-3H3,(H,24,29)(H,26,32)(H,30,31)/t17-/m0/s1. The van der Waals surface area contributed by atoms with E-state index in [0.717, 1.165) is 19.3 Å². The van der Waals surface area contributed by atoms with Crippen LogP contribution in [-0.2, 0) is 14.3 Å². The van der Waals surface area contributed by atoms with Crippen molar-refractivity contribution in [1.29, 1.82) is 0 Å². The number of aromatic amines is 1. The average molecular weight is 459 g/mol. The molecule has 0 bridgehead atoms. The largest absolute Gasteiger partial charge is 0.477 e. The van der Waals surface area contributed by atoms with Crippen molar-refractivity contribution in [1.82, 2.24) is 15.2 Å². The molecular formula is C23H30N4O6. The molecule has 1 aromatic heterocycles. The number of hydrogen-bond acceptors (Lipinski definition) is 5. The van der Waals surface area contributed by atoms with Gasteiger partial charge in [-0.05, 0) is 64.3 Å². The van der Waals surface area contributed by atoms with Gasteiger partial charge < -0.3 is 30.4 Å². The molecule has 1 atom stereocenters. The first kappa shape index (κ1) is 24.1. The number of nitrogens with zero attached hydrogens (tertiary/aromatic N) is 1. The number of likely N-dealkylation sites (tertiary alicyclic amines) is 1. The molecule has 3 rings (SSSR count). The zero-order valence-electron chi connectivity index (χ0n) is 19.1. The third-order valence-electron chi connectivity index (χ3n) is 5.21. The van der Waals surface area contributed by atoms with E-state index < -0.39 is 29.6 Å². The SMILES string of the molecule is CC(C)(C)OC(=O)N[C@@H](CC(=O)N1CCCCC1)C(=O)Nc1ccc2[nH]c(C(=O)O)cc2c1. The van der Waals surface area contributed by atoms with Crippen molar-refractivity contribution in [2.45, 2.75) is 58.1 Å². The molecule has 1 aromatic carbocycles. The molecule has 1 aliphatic rings. The van der Waals surface area contributed by atoms with E-state index in [9.17, 15) is 19.2 Å². The van der Waals surface area contributed by atoms with Crippen molar-refractivity contribution in [3.05, 3.63) is 30.0 Å². The summed E-state index contributed by atoms with van der Waals surface area (Å²) in [5, 5.41) is 15.0. The number of nitrogens with one attached hydrogen (secondary N) is 3. The van der Waals surface area contributed by atoms with Gasteiger partial charge >= 0.3 is 12.1 Å².